The number of hydrogen-bond donors (Lipinski definition) is 3. The molecule has 2 heterocycles. The lowest BCUT2D eigenvalue weighted by atomic mass is 9.76. The number of likely N-dealkylation sites (N-methyl/N-ethyl adjacent to an activating group) is 1. The molecule has 13 nitrogen and oxygen atoms in total. The maximum absolute atomic E-state index is 14.0. The number of carbonyl (C=O) groups excluding carboxylic acids is 3. The number of aliphatic hydroxyl groups excluding tert-OH is 1. The molecule has 1 aromatic carbocycles. The van der Waals surface area contributed by atoms with Gasteiger partial charge < -0.3 is 48.9 Å². The highest BCUT2D eigenvalue weighted by Gasteiger charge is 2.52. The van der Waals surface area contributed by atoms with Crippen molar-refractivity contribution in [2.24, 2.45) is 17.8 Å². The first kappa shape index (κ1) is 43.8. The van der Waals surface area contributed by atoms with Gasteiger partial charge in [-0.25, -0.2) is 4.79 Å². The number of benzene rings is 1. The van der Waals surface area contributed by atoms with Gasteiger partial charge in [-0.3, -0.25) is 9.59 Å². The Morgan fingerprint density at radius 2 is 1.73 bits per heavy atom. The SMILES string of the molecule is CC[C@H]1OC(=O)[C@H](C)[C@@H](OC(=O)NCCc2ccccc2)[C@H](C)[C@@H](O[C@@H]2O[C@H](C)C[C@H](N(C)C)[C@H]2O)[C@](C)(OC)C[C@@H](C)C(=O)C[C@@H](OC)[C@]1(C)O. The summed E-state index contributed by atoms with van der Waals surface area (Å²) in [6.45, 7) is 12.4. The van der Waals surface area contributed by atoms with E-state index in [0.717, 1.165) is 5.56 Å². The number of carbonyl (C=O) groups is 3. The Labute approximate surface area is 310 Å². The van der Waals surface area contributed by atoms with E-state index in [4.69, 9.17) is 28.4 Å². The molecule has 13 heteroatoms. The number of rotatable bonds is 10. The van der Waals surface area contributed by atoms with E-state index in [-0.39, 0.29) is 43.7 Å². The van der Waals surface area contributed by atoms with Gasteiger partial charge in [-0.1, -0.05) is 51.1 Å². The lowest BCUT2D eigenvalue weighted by Gasteiger charge is -2.48. The summed E-state index contributed by atoms with van der Waals surface area (Å²) in [4.78, 5) is 43.3. The van der Waals surface area contributed by atoms with Crippen LogP contribution < -0.4 is 5.32 Å². The van der Waals surface area contributed by atoms with Gasteiger partial charge in [0.05, 0.1) is 29.8 Å². The van der Waals surface area contributed by atoms with Crippen molar-refractivity contribution in [3.05, 3.63) is 35.9 Å². The summed E-state index contributed by atoms with van der Waals surface area (Å²) in [5, 5.41) is 26.0. The predicted octanol–water partition coefficient (Wildman–Crippen LogP) is 3.90. The number of alkyl carbamates (subject to hydrolysis) is 1. The normalized spacial score (nSPS) is 38.3. The fourth-order valence-electron chi connectivity index (χ4n) is 7.73. The Kier molecular flexibility index (Phi) is 16.1. The zero-order chi connectivity index (χ0) is 39.0. The minimum atomic E-state index is -1.72. The molecule has 2 aliphatic heterocycles. The van der Waals surface area contributed by atoms with Gasteiger partial charge in [0.2, 0.25) is 0 Å². The second-order valence-corrected chi connectivity index (χ2v) is 15.4. The second-order valence-electron chi connectivity index (χ2n) is 15.4. The van der Waals surface area contributed by atoms with Crippen molar-refractivity contribution in [1.29, 1.82) is 0 Å². The van der Waals surface area contributed by atoms with E-state index in [2.05, 4.69) is 5.32 Å². The molecule has 296 valence electrons. The van der Waals surface area contributed by atoms with Crippen LogP contribution in [-0.2, 0) is 44.4 Å². The zero-order valence-corrected chi connectivity index (χ0v) is 33.0. The molecule has 0 saturated carbocycles. The monoisotopic (exact) mass is 736 g/mol. The molecule has 2 aliphatic rings. The highest BCUT2D eigenvalue weighted by Crippen LogP contribution is 2.39. The Morgan fingerprint density at radius 3 is 2.31 bits per heavy atom. The topological polar surface area (TPSA) is 162 Å². The summed E-state index contributed by atoms with van der Waals surface area (Å²) in [7, 11) is 6.66. The highest BCUT2D eigenvalue weighted by atomic mass is 16.7. The Bertz CT molecular complexity index is 1300. The van der Waals surface area contributed by atoms with Crippen molar-refractivity contribution in [3.8, 4) is 0 Å². The first-order valence-corrected chi connectivity index (χ1v) is 18.6. The summed E-state index contributed by atoms with van der Waals surface area (Å²) < 4.78 is 36.9. The standard InChI is InChI=1S/C39H64N2O11/c1-12-30-39(7,46)31(47-10)21-29(42)23(2)22-38(6,48-11)34(52-36-32(43)28(41(8)9)20-24(3)49-36)25(4)33(26(5)35(44)50-30)51-37(45)40-19-18-27-16-14-13-15-17-27/h13-17,23-26,28,30-34,36,43,46H,12,18-22H2,1-11H3,(H,40,45)/t23-,24-,25+,26-,28+,30-,31-,32-,33+,34-,36+,38-,39-/m1/s1. The van der Waals surface area contributed by atoms with Gasteiger partial charge in [-0.05, 0) is 73.0 Å². The number of nitrogens with zero attached hydrogens (tertiary/aromatic N) is 1. The number of esters is 1. The minimum Gasteiger partial charge on any atom is -0.459 e. The fraction of sp³-hybridized carbons (Fsp3) is 0.769. The Hall–Kier alpha value is -2.65. The molecule has 0 radical (unpaired) electrons. The summed E-state index contributed by atoms with van der Waals surface area (Å²) in [6, 6.07) is 9.39. The molecule has 3 N–H and O–H groups in total. The second kappa shape index (κ2) is 19.1. The number of aliphatic hydroxyl groups is 2. The highest BCUT2D eigenvalue weighted by molar-refractivity contribution is 5.81. The van der Waals surface area contributed by atoms with Gasteiger partial charge in [-0.15, -0.1) is 0 Å². The lowest BCUT2D eigenvalue weighted by Crippen LogP contribution is -2.60. The third-order valence-corrected chi connectivity index (χ3v) is 11.1. The fourth-order valence-corrected chi connectivity index (χ4v) is 7.73. The van der Waals surface area contributed by atoms with Gasteiger partial charge in [0.25, 0.3) is 0 Å². The van der Waals surface area contributed by atoms with Crippen LogP contribution in [0, 0.1) is 17.8 Å². The Morgan fingerprint density at radius 1 is 1.08 bits per heavy atom. The van der Waals surface area contributed by atoms with Crippen molar-refractivity contribution >= 4 is 17.8 Å². The quantitative estimate of drug-likeness (QED) is 0.298. The molecule has 0 spiro atoms. The molecular weight excluding hydrogens is 672 g/mol. The van der Waals surface area contributed by atoms with Crippen molar-refractivity contribution in [3.63, 3.8) is 0 Å². The number of ether oxygens (including phenoxy) is 6. The van der Waals surface area contributed by atoms with Gasteiger partial charge in [0.15, 0.2) is 6.29 Å². The number of methoxy groups -OCH3 is 2. The maximum atomic E-state index is 14.0. The summed E-state index contributed by atoms with van der Waals surface area (Å²) in [5.74, 6) is -3.36. The van der Waals surface area contributed by atoms with Crippen molar-refractivity contribution in [2.45, 2.75) is 141 Å². The molecule has 52 heavy (non-hydrogen) atoms. The van der Waals surface area contributed by atoms with E-state index < -0.39 is 77.8 Å². The maximum Gasteiger partial charge on any atom is 0.407 e. The van der Waals surface area contributed by atoms with E-state index in [9.17, 15) is 24.6 Å². The van der Waals surface area contributed by atoms with Gasteiger partial charge in [0, 0.05) is 45.1 Å². The van der Waals surface area contributed by atoms with E-state index >= 15 is 0 Å². The molecule has 2 fully saturated rings. The molecule has 0 unspecified atom stereocenters. The largest absolute Gasteiger partial charge is 0.459 e. The first-order valence-electron chi connectivity index (χ1n) is 18.6. The van der Waals surface area contributed by atoms with Crippen LogP contribution in [0.5, 0.6) is 0 Å². The van der Waals surface area contributed by atoms with Crippen molar-refractivity contribution in [1.82, 2.24) is 10.2 Å². The molecule has 0 aliphatic carbocycles. The van der Waals surface area contributed by atoms with Gasteiger partial charge in [-0.2, -0.15) is 0 Å². The average molecular weight is 737 g/mol. The summed E-state index contributed by atoms with van der Waals surface area (Å²) in [5.41, 5.74) is -1.93. The van der Waals surface area contributed by atoms with Crippen molar-refractivity contribution in [2.75, 3.05) is 34.9 Å². The predicted molar refractivity (Wildman–Crippen MR) is 194 cm³/mol. The van der Waals surface area contributed by atoms with Gasteiger partial charge in [0.1, 0.15) is 29.7 Å². The number of ketones is 1. The number of cyclic esters (lactones) is 1. The van der Waals surface area contributed by atoms with E-state index in [1.807, 2.05) is 56.3 Å². The number of nitrogens with one attached hydrogen (secondary N) is 1. The smallest absolute Gasteiger partial charge is 0.407 e. The van der Waals surface area contributed by atoms with Crippen LogP contribution in [0.3, 0.4) is 0 Å². The minimum absolute atomic E-state index is 0.142. The average Bonchev–Trinajstić information content (AvgIpc) is 3.10. The Balaban J connectivity index is 2.11. The van der Waals surface area contributed by atoms with E-state index in [0.29, 0.717) is 12.8 Å². The third kappa shape index (κ3) is 10.7. The molecule has 13 atom stereocenters. The van der Waals surface area contributed by atoms with Crippen LogP contribution in [0.2, 0.25) is 0 Å². The van der Waals surface area contributed by atoms with E-state index in [1.165, 1.54) is 21.1 Å². The van der Waals surface area contributed by atoms with Crippen LogP contribution in [0.25, 0.3) is 0 Å². The number of Topliss-reactive ketones (excluding diaryl/α,β-unsaturated/α-hetero) is 1. The molecule has 1 aromatic rings. The van der Waals surface area contributed by atoms with Gasteiger partial charge >= 0.3 is 12.1 Å². The molecule has 1 amide bonds. The molecule has 2 saturated heterocycles. The van der Waals surface area contributed by atoms with Crippen LogP contribution in [0.1, 0.15) is 79.7 Å². The third-order valence-electron chi connectivity index (χ3n) is 11.1. The molecule has 3 rings (SSSR count). The molecule has 0 bridgehead atoms. The molecule has 0 aromatic heterocycles. The number of hydrogen-bond acceptors (Lipinski definition) is 12. The summed E-state index contributed by atoms with van der Waals surface area (Å²) >= 11 is 0. The van der Waals surface area contributed by atoms with Crippen LogP contribution in [0.4, 0.5) is 4.79 Å². The summed E-state index contributed by atoms with van der Waals surface area (Å²) in [6.07, 6.45) is -5.96. The number of amides is 1. The van der Waals surface area contributed by atoms with Crippen LogP contribution in [-0.4, -0.2) is 128 Å². The van der Waals surface area contributed by atoms with Crippen LogP contribution >= 0.6 is 0 Å². The van der Waals surface area contributed by atoms with Crippen molar-refractivity contribution < 1.29 is 53.0 Å². The van der Waals surface area contributed by atoms with E-state index in [1.54, 1.807) is 34.6 Å². The zero-order valence-electron chi connectivity index (χ0n) is 33.0. The van der Waals surface area contributed by atoms with Crippen LogP contribution in [0.15, 0.2) is 30.3 Å². The lowest BCUT2D eigenvalue weighted by molar-refractivity contribution is -0.301. The molecular formula is C39H64N2O11. The first-order chi connectivity index (χ1) is 24.4.